The van der Waals surface area contributed by atoms with Crippen molar-refractivity contribution in [3.05, 3.63) is 46.4 Å². The standard InChI is InChI=1S/C15H17IN2O3/c1-15(2,10-18-8-3-4-9-18)13(19)14(20)21-12-7-5-6-11(16)17-12/h3-9,13,19H,10H2,1-2H3. The van der Waals surface area contributed by atoms with Gasteiger partial charge in [-0.05, 0) is 40.8 Å². The molecule has 0 saturated carbocycles. The Labute approximate surface area is 137 Å². The lowest BCUT2D eigenvalue weighted by atomic mass is 9.86. The number of halogens is 1. The summed E-state index contributed by atoms with van der Waals surface area (Å²) in [5.74, 6) is -0.496. The van der Waals surface area contributed by atoms with Gasteiger partial charge < -0.3 is 14.4 Å². The van der Waals surface area contributed by atoms with Gasteiger partial charge in [0.05, 0.1) is 0 Å². The molecule has 1 atom stereocenters. The van der Waals surface area contributed by atoms with Gasteiger partial charge in [-0.1, -0.05) is 19.9 Å². The van der Waals surface area contributed by atoms with Crippen molar-refractivity contribution in [3.63, 3.8) is 0 Å². The lowest BCUT2D eigenvalue weighted by Crippen LogP contribution is -2.41. The summed E-state index contributed by atoms with van der Waals surface area (Å²) in [6, 6.07) is 8.93. The quantitative estimate of drug-likeness (QED) is 0.476. The summed E-state index contributed by atoms with van der Waals surface area (Å²) in [6.45, 7) is 4.15. The van der Waals surface area contributed by atoms with Crippen LogP contribution in [0.1, 0.15) is 13.8 Å². The molecule has 2 heterocycles. The van der Waals surface area contributed by atoms with Crippen molar-refractivity contribution in [3.8, 4) is 5.88 Å². The number of aliphatic hydroxyl groups excluding tert-OH is 1. The molecule has 0 saturated heterocycles. The fourth-order valence-corrected chi connectivity index (χ4v) is 2.40. The number of esters is 1. The summed E-state index contributed by atoms with van der Waals surface area (Å²) in [7, 11) is 0. The number of rotatable bonds is 5. The Bertz CT molecular complexity index is 611. The Morgan fingerprint density at radius 1 is 1.38 bits per heavy atom. The normalized spacial score (nSPS) is 13.0. The minimum absolute atomic E-state index is 0.197. The number of pyridine rings is 1. The zero-order valence-corrected chi connectivity index (χ0v) is 14.0. The lowest BCUT2D eigenvalue weighted by molar-refractivity contribution is -0.151. The Kier molecular flexibility index (Phi) is 5.00. The van der Waals surface area contributed by atoms with Crippen molar-refractivity contribution in [2.45, 2.75) is 26.5 Å². The van der Waals surface area contributed by atoms with Gasteiger partial charge in [0, 0.05) is 30.4 Å². The Hall–Kier alpha value is -1.41. The van der Waals surface area contributed by atoms with E-state index in [9.17, 15) is 9.90 Å². The summed E-state index contributed by atoms with van der Waals surface area (Å²) in [5.41, 5.74) is -0.655. The first-order valence-corrected chi connectivity index (χ1v) is 7.59. The van der Waals surface area contributed by atoms with Crippen LogP contribution in [0.3, 0.4) is 0 Å². The smallest absolute Gasteiger partial charge is 0.342 e. The van der Waals surface area contributed by atoms with Crippen LogP contribution in [-0.2, 0) is 11.3 Å². The summed E-state index contributed by atoms with van der Waals surface area (Å²) in [5, 5.41) is 10.3. The molecule has 6 heteroatoms. The fourth-order valence-electron chi connectivity index (χ4n) is 1.96. The van der Waals surface area contributed by atoms with Crippen molar-refractivity contribution in [1.82, 2.24) is 9.55 Å². The molecule has 21 heavy (non-hydrogen) atoms. The largest absolute Gasteiger partial charge is 0.405 e. The number of hydrogen-bond acceptors (Lipinski definition) is 4. The number of aliphatic hydroxyl groups is 1. The van der Waals surface area contributed by atoms with Crippen LogP contribution in [0.25, 0.3) is 0 Å². The van der Waals surface area contributed by atoms with Gasteiger partial charge in [-0.3, -0.25) is 0 Å². The van der Waals surface area contributed by atoms with E-state index in [4.69, 9.17) is 4.74 Å². The second-order valence-corrected chi connectivity index (χ2v) is 6.57. The van der Waals surface area contributed by atoms with E-state index in [1.54, 1.807) is 18.2 Å². The van der Waals surface area contributed by atoms with Gasteiger partial charge in [-0.15, -0.1) is 0 Å². The van der Waals surface area contributed by atoms with Gasteiger partial charge in [0.2, 0.25) is 5.88 Å². The van der Waals surface area contributed by atoms with E-state index < -0.39 is 17.5 Å². The van der Waals surface area contributed by atoms with Gasteiger partial charge in [0.25, 0.3) is 0 Å². The maximum absolute atomic E-state index is 12.1. The molecule has 1 unspecified atom stereocenters. The van der Waals surface area contributed by atoms with Crippen LogP contribution < -0.4 is 4.74 Å². The molecule has 2 aromatic rings. The van der Waals surface area contributed by atoms with Crippen molar-refractivity contribution in [1.29, 1.82) is 0 Å². The molecule has 5 nitrogen and oxygen atoms in total. The molecule has 2 aromatic heterocycles. The van der Waals surface area contributed by atoms with Crippen LogP contribution in [0.15, 0.2) is 42.7 Å². The molecule has 0 amide bonds. The Balaban J connectivity index is 2.04. The highest BCUT2D eigenvalue weighted by atomic mass is 127. The van der Waals surface area contributed by atoms with E-state index >= 15 is 0 Å². The third-order valence-corrected chi connectivity index (χ3v) is 3.72. The van der Waals surface area contributed by atoms with Crippen LogP contribution in [0, 0.1) is 9.12 Å². The Morgan fingerprint density at radius 2 is 2.05 bits per heavy atom. The van der Waals surface area contributed by atoms with Crippen LogP contribution >= 0.6 is 22.6 Å². The highest BCUT2D eigenvalue weighted by Gasteiger charge is 2.35. The first-order valence-electron chi connectivity index (χ1n) is 6.51. The van der Waals surface area contributed by atoms with E-state index in [1.165, 1.54) is 0 Å². The molecule has 0 aliphatic heterocycles. The molecule has 0 aliphatic rings. The summed E-state index contributed by atoms with van der Waals surface area (Å²) < 4.78 is 7.79. The van der Waals surface area contributed by atoms with Crippen LogP contribution in [-0.4, -0.2) is 26.7 Å². The minimum atomic E-state index is -1.24. The third-order valence-electron chi connectivity index (χ3n) is 3.11. The van der Waals surface area contributed by atoms with E-state index in [0.29, 0.717) is 6.54 Å². The molecule has 0 aromatic carbocycles. The molecule has 112 valence electrons. The lowest BCUT2D eigenvalue weighted by Gasteiger charge is -2.29. The average Bonchev–Trinajstić information content (AvgIpc) is 2.89. The van der Waals surface area contributed by atoms with Gasteiger partial charge >= 0.3 is 5.97 Å². The van der Waals surface area contributed by atoms with Gasteiger partial charge in [0.15, 0.2) is 6.10 Å². The summed E-state index contributed by atoms with van der Waals surface area (Å²) >= 11 is 2.03. The number of aromatic nitrogens is 2. The molecule has 2 rings (SSSR count). The highest BCUT2D eigenvalue weighted by Crippen LogP contribution is 2.25. The maximum atomic E-state index is 12.1. The van der Waals surface area contributed by atoms with Crippen molar-refractivity contribution >= 4 is 28.6 Å². The highest BCUT2D eigenvalue weighted by molar-refractivity contribution is 14.1. The molecule has 0 bridgehead atoms. The summed E-state index contributed by atoms with van der Waals surface area (Å²) in [6.07, 6.45) is 2.54. The number of carbonyl (C=O) groups is 1. The van der Waals surface area contributed by atoms with E-state index in [0.717, 1.165) is 3.70 Å². The number of nitrogens with zero attached hydrogens (tertiary/aromatic N) is 2. The zero-order valence-electron chi connectivity index (χ0n) is 11.9. The topological polar surface area (TPSA) is 64.4 Å². The zero-order chi connectivity index (χ0) is 15.5. The van der Waals surface area contributed by atoms with E-state index in [1.807, 2.05) is 65.5 Å². The predicted molar refractivity (Wildman–Crippen MR) is 86.8 cm³/mol. The van der Waals surface area contributed by atoms with E-state index in [2.05, 4.69) is 4.98 Å². The van der Waals surface area contributed by atoms with Gasteiger partial charge in [-0.25, -0.2) is 9.78 Å². The second kappa shape index (κ2) is 6.57. The van der Waals surface area contributed by atoms with Crippen molar-refractivity contribution in [2.24, 2.45) is 5.41 Å². The predicted octanol–water partition coefficient (Wildman–Crippen LogP) is 2.48. The third kappa shape index (κ3) is 4.28. The van der Waals surface area contributed by atoms with Crippen LogP contribution in [0.5, 0.6) is 5.88 Å². The van der Waals surface area contributed by atoms with Crippen LogP contribution in [0.2, 0.25) is 0 Å². The van der Waals surface area contributed by atoms with Crippen molar-refractivity contribution in [2.75, 3.05) is 0 Å². The molecule has 0 fully saturated rings. The number of hydrogen-bond donors (Lipinski definition) is 1. The number of ether oxygens (including phenoxy) is 1. The first kappa shape index (κ1) is 16.0. The maximum Gasteiger partial charge on any atom is 0.342 e. The molecule has 0 spiro atoms. The van der Waals surface area contributed by atoms with E-state index in [-0.39, 0.29) is 5.88 Å². The minimum Gasteiger partial charge on any atom is -0.405 e. The summed E-state index contributed by atoms with van der Waals surface area (Å²) in [4.78, 5) is 16.2. The Morgan fingerprint density at radius 3 is 2.67 bits per heavy atom. The molecular formula is C15H17IN2O3. The fraction of sp³-hybridized carbons (Fsp3) is 0.333. The second-order valence-electron chi connectivity index (χ2n) is 5.47. The number of carbonyl (C=O) groups excluding carboxylic acids is 1. The first-order chi connectivity index (χ1) is 9.88. The monoisotopic (exact) mass is 400 g/mol. The molecule has 1 N–H and O–H groups in total. The molecular weight excluding hydrogens is 383 g/mol. The average molecular weight is 400 g/mol. The SMILES string of the molecule is CC(C)(Cn1cccc1)C(O)C(=O)Oc1cccc(I)n1. The van der Waals surface area contributed by atoms with Gasteiger partial charge in [-0.2, -0.15) is 0 Å². The van der Waals surface area contributed by atoms with Gasteiger partial charge in [0.1, 0.15) is 3.70 Å². The molecule has 0 aliphatic carbocycles. The molecule has 0 radical (unpaired) electrons. The van der Waals surface area contributed by atoms with Crippen LogP contribution in [0.4, 0.5) is 0 Å². The van der Waals surface area contributed by atoms with Crippen molar-refractivity contribution < 1.29 is 14.6 Å².